The molecule has 0 atom stereocenters. The Labute approximate surface area is 150 Å². The zero-order valence-electron chi connectivity index (χ0n) is 15.0. The number of imidazole rings is 1. The highest BCUT2D eigenvalue weighted by Crippen LogP contribution is 2.24. The molecule has 9 nitrogen and oxygen atoms in total. The fourth-order valence-electron chi connectivity index (χ4n) is 2.43. The van der Waals surface area contributed by atoms with Crippen LogP contribution < -0.4 is 16.4 Å². The number of aromatic nitrogens is 4. The Morgan fingerprint density at radius 2 is 2.00 bits per heavy atom. The first-order valence-corrected chi connectivity index (χ1v) is 8.19. The van der Waals surface area contributed by atoms with E-state index >= 15 is 0 Å². The third-order valence-electron chi connectivity index (χ3n) is 3.79. The summed E-state index contributed by atoms with van der Waals surface area (Å²) in [5, 5.41) is 26.1. The third kappa shape index (κ3) is 3.94. The fourth-order valence-corrected chi connectivity index (χ4v) is 2.43. The van der Waals surface area contributed by atoms with Gasteiger partial charge < -0.3 is 31.1 Å². The van der Waals surface area contributed by atoms with E-state index in [1.165, 1.54) is 0 Å². The summed E-state index contributed by atoms with van der Waals surface area (Å²) in [6, 6.07) is 4.89. The molecule has 0 aliphatic rings. The molecule has 0 saturated heterocycles. The average molecular weight is 357 g/mol. The lowest BCUT2D eigenvalue weighted by atomic mass is 10.1. The minimum atomic E-state index is -0.897. The van der Waals surface area contributed by atoms with Crippen molar-refractivity contribution in [1.82, 2.24) is 19.5 Å². The molecule has 6 N–H and O–H groups in total. The maximum Gasteiger partial charge on any atom is 0.226 e. The summed E-state index contributed by atoms with van der Waals surface area (Å²) in [6.07, 6.45) is 1.66. The van der Waals surface area contributed by atoms with E-state index in [9.17, 15) is 10.2 Å². The van der Waals surface area contributed by atoms with Gasteiger partial charge in [-0.25, -0.2) is 4.98 Å². The number of phenolic OH excluding ortho intramolecular Hbond substituents is 1. The summed E-state index contributed by atoms with van der Waals surface area (Å²) in [5.41, 5.74) is 7.37. The number of aryl methyl sites for hydroxylation is 1. The van der Waals surface area contributed by atoms with Gasteiger partial charge in [0, 0.05) is 31.4 Å². The van der Waals surface area contributed by atoms with E-state index in [0.29, 0.717) is 47.3 Å². The number of nitrogens with two attached hydrogens (primary N) is 1. The van der Waals surface area contributed by atoms with Gasteiger partial charge in [-0.2, -0.15) is 9.97 Å². The van der Waals surface area contributed by atoms with Crippen molar-refractivity contribution in [3.8, 4) is 5.75 Å². The van der Waals surface area contributed by atoms with E-state index in [0.717, 1.165) is 0 Å². The maximum absolute atomic E-state index is 9.97. The van der Waals surface area contributed by atoms with Gasteiger partial charge in [0.05, 0.1) is 11.9 Å². The first-order chi connectivity index (χ1) is 12.2. The second-order valence-electron chi connectivity index (χ2n) is 6.83. The lowest BCUT2D eigenvalue weighted by Crippen LogP contribution is -2.30. The number of fused-ring (bicyclic) bond motifs is 1. The maximum atomic E-state index is 9.97. The van der Waals surface area contributed by atoms with Crippen molar-refractivity contribution >= 4 is 28.6 Å². The number of aromatic hydroxyl groups is 1. The molecular formula is C17H23N7O2. The van der Waals surface area contributed by atoms with Crippen LogP contribution in [-0.4, -0.2) is 41.9 Å². The number of hydrogen-bond acceptors (Lipinski definition) is 8. The quantitative estimate of drug-likeness (QED) is 0.330. The number of aliphatic hydroxyl groups is 1. The Bertz CT molecular complexity index is 931. The van der Waals surface area contributed by atoms with Crippen molar-refractivity contribution in [2.75, 3.05) is 22.9 Å². The molecule has 0 radical (unpaired) electrons. The van der Waals surface area contributed by atoms with Crippen LogP contribution in [0.5, 0.6) is 5.75 Å². The highest BCUT2D eigenvalue weighted by Gasteiger charge is 2.16. The molecule has 9 heteroatoms. The molecule has 0 amide bonds. The fraction of sp³-hybridized carbons (Fsp3) is 0.353. The third-order valence-corrected chi connectivity index (χ3v) is 3.79. The summed E-state index contributed by atoms with van der Waals surface area (Å²) < 4.78 is 1.79. The predicted octanol–water partition coefficient (Wildman–Crippen LogP) is 1.45. The van der Waals surface area contributed by atoms with Crippen LogP contribution in [0.25, 0.3) is 11.2 Å². The summed E-state index contributed by atoms with van der Waals surface area (Å²) in [4.78, 5) is 13.2. The number of nitrogens with one attached hydrogen (secondary N) is 2. The first kappa shape index (κ1) is 17.7. The minimum Gasteiger partial charge on any atom is -0.508 e. The number of phenols is 1. The van der Waals surface area contributed by atoms with Crippen molar-refractivity contribution in [1.29, 1.82) is 0 Å². The van der Waals surface area contributed by atoms with Gasteiger partial charge in [0.25, 0.3) is 0 Å². The van der Waals surface area contributed by atoms with Crippen LogP contribution in [0.2, 0.25) is 0 Å². The normalized spacial score (nSPS) is 11.7. The van der Waals surface area contributed by atoms with Gasteiger partial charge in [0.2, 0.25) is 5.95 Å². The number of anilines is 3. The Hall–Kier alpha value is -3.07. The van der Waals surface area contributed by atoms with E-state index in [1.807, 2.05) is 7.05 Å². The van der Waals surface area contributed by atoms with Gasteiger partial charge in [-0.1, -0.05) is 0 Å². The molecule has 3 rings (SSSR count). The number of rotatable bonds is 6. The zero-order valence-corrected chi connectivity index (χ0v) is 15.0. The summed E-state index contributed by atoms with van der Waals surface area (Å²) in [7, 11) is 1.84. The molecule has 138 valence electrons. The van der Waals surface area contributed by atoms with E-state index < -0.39 is 5.60 Å². The Morgan fingerprint density at radius 3 is 2.73 bits per heavy atom. The van der Waals surface area contributed by atoms with Crippen LogP contribution in [0.1, 0.15) is 19.4 Å². The SMILES string of the molecule is Cn1cnc2c(NCc3cc(N)ccc3O)nc(NCC(C)(C)O)nc21. The number of benzene rings is 1. The average Bonchev–Trinajstić information content (AvgIpc) is 2.94. The Kier molecular flexibility index (Phi) is 4.56. The molecule has 1 aromatic carbocycles. The van der Waals surface area contributed by atoms with E-state index in [4.69, 9.17) is 5.73 Å². The lowest BCUT2D eigenvalue weighted by molar-refractivity contribution is 0.0943. The predicted molar refractivity (Wildman–Crippen MR) is 101 cm³/mol. The Morgan fingerprint density at radius 1 is 1.23 bits per heavy atom. The molecule has 0 saturated carbocycles. The molecule has 0 bridgehead atoms. The first-order valence-electron chi connectivity index (χ1n) is 8.19. The van der Waals surface area contributed by atoms with Crippen molar-refractivity contribution in [2.24, 2.45) is 7.05 Å². The van der Waals surface area contributed by atoms with E-state index in [-0.39, 0.29) is 5.75 Å². The van der Waals surface area contributed by atoms with Crippen molar-refractivity contribution in [3.63, 3.8) is 0 Å². The van der Waals surface area contributed by atoms with Crippen molar-refractivity contribution in [2.45, 2.75) is 26.0 Å². The molecule has 0 unspecified atom stereocenters. The summed E-state index contributed by atoms with van der Waals surface area (Å²) in [6.45, 7) is 4.02. The van der Waals surface area contributed by atoms with E-state index in [2.05, 4.69) is 25.6 Å². The highest BCUT2D eigenvalue weighted by atomic mass is 16.3. The molecule has 2 heterocycles. The number of nitrogen functional groups attached to an aromatic ring is 1. The van der Waals surface area contributed by atoms with Gasteiger partial charge in [0.15, 0.2) is 17.0 Å². The van der Waals surface area contributed by atoms with Crippen LogP contribution >= 0.6 is 0 Å². The van der Waals surface area contributed by atoms with Crippen LogP contribution in [0.4, 0.5) is 17.5 Å². The second kappa shape index (κ2) is 6.68. The Balaban J connectivity index is 1.89. The molecule has 0 spiro atoms. The van der Waals surface area contributed by atoms with Crippen molar-refractivity contribution < 1.29 is 10.2 Å². The summed E-state index contributed by atoms with van der Waals surface area (Å²) in [5.74, 6) is 1.05. The van der Waals surface area contributed by atoms with Crippen molar-refractivity contribution in [3.05, 3.63) is 30.1 Å². The minimum absolute atomic E-state index is 0.151. The molecule has 0 fully saturated rings. The van der Waals surface area contributed by atoms with Gasteiger partial charge in [-0.05, 0) is 32.0 Å². The summed E-state index contributed by atoms with van der Waals surface area (Å²) >= 11 is 0. The molecule has 0 aliphatic carbocycles. The molecule has 0 aliphatic heterocycles. The van der Waals surface area contributed by atoms with E-state index in [1.54, 1.807) is 42.9 Å². The highest BCUT2D eigenvalue weighted by molar-refractivity contribution is 5.84. The largest absolute Gasteiger partial charge is 0.508 e. The molecule has 26 heavy (non-hydrogen) atoms. The smallest absolute Gasteiger partial charge is 0.226 e. The molecule has 2 aromatic heterocycles. The van der Waals surface area contributed by atoms with Gasteiger partial charge in [0.1, 0.15) is 5.75 Å². The topological polar surface area (TPSA) is 134 Å². The van der Waals surface area contributed by atoms with Gasteiger partial charge >= 0.3 is 0 Å². The van der Waals surface area contributed by atoms with Crippen LogP contribution in [0, 0.1) is 0 Å². The molecular weight excluding hydrogens is 334 g/mol. The standard InChI is InChI=1S/C17H23N7O2/c1-17(2,26)8-20-16-22-14(13-15(23-16)24(3)9-21-13)19-7-10-6-11(18)4-5-12(10)25/h4-6,9,25-26H,7-8,18H2,1-3H3,(H2,19,20,22,23). The monoisotopic (exact) mass is 357 g/mol. The number of hydrogen-bond donors (Lipinski definition) is 5. The zero-order chi connectivity index (χ0) is 18.9. The van der Waals surface area contributed by atoms with Crippen LogP contribution in [-0.2, 0) is 13.6 Å². The van der Waals surface area contributed by atoms with Gasteiger partial charge in [-0.3, -0.25) is 0 Å². The molecule has 3 aromatic rings. The van der Waals surface area contributed by atoms with Crippen LogP contribution in [0.15, 0.2) is 24.5 Å². The van der Waals surface area contributed by atoms with Crippen LogP contribution in [0.3, 0.4) is 0 Å². The number of nitrogens with zero attached hydrogens (tertiary/aromatic N) is 4. The second-order valence-corrected chi connectivity index (χ2v) is 6.83. The van der Waals surface area contributed by atoms with Gasteiger partial charge in [-0.15, -0.1) is 0 Å². The lowest BCUT2D eigenvalue weighted by Gasteiger charge is -2.18.